The Kier molecular flexibility index (Phi) is 5.74. The fraction of sp³-hybridized carbons (Fsp3) is 0.500. The number of carbonyl (C=O) groups is 2. The van der Waals surface area contributed by atoms with Gasteiger partial charge in [-0.15, -0.1) is 0 Å². The van der Waals surface area contributed by atoms with E-state index in [2.05, 4.69) is 5.10 Å². The molecule has 1 saturated heterocycles. The summed E-state index contributed by atoms with van der Waals surface area (Å²) in [6, 6.07) is 9.96. The van der Waals surface area contributed by atoms with Gasteiger partial charge in [0.25, 0.3) is 0 Å². The Morgan fingerprint density at radius 1 is 0.964 bits per heavy atom. The van der Waals surface area contributed by atoms with Crippen LogP contribution in [0.5, 0.6) is 0 Å². The van der Waals surface area contributed by atoms with E-state index in [-0.39, 0.29) is 11.8 Å². The van der Waals surface area contributed by atoms with Crippen molar-refractivity contribution in [2.75, 3.05) is 26.2 Å². The van der Waals surface area contributed by atoms with Gasteiger partial charge in [0.2, 0.25) is 11.8 Å². The molecule has 6 heteroatoms. The normalized spacial score (nSPS) is 17.9. The Morgan fingerprint density at radius 3 is 2.36 bits per heavy atom. The number of hydrogen-bond acceptors (Lipinski definition) is 3. The monoisotopic (exact) mass is 380 g/mol. The molecule has 1 aromatic carbocycles. The molecule has 148 valence electrons. The van der Waals surface area contributed by atoms with E-state index in [9.17, 15) is 9.59 Å². The molecule has 2 amide bonds. The first-order valence-electron chi connectivity index (χ1n) is 10.4. The van der Waals surface area contributed by atoms with E-state index < -0.39 is 0 Å². The number of hydrogen-bond donors (Lipinski definition) is 0. The van der Waals surface area contributed by atoms with Gasteiger partial charge in [0, 0.05) is 44.7 Å². The first-order valence-corrected chi connectivity index (χ1v) is 10.4. The molecule has 28 heavy (non-hydrogen) atoms. The quantitative estimate of drug-likeness (QED) is 0.801. The highest BCUT2D eigenvalue weighted by molar-refractivity contribution is 5.80. The largest absolute Gasteiger partial charge is 0.339 e. The molecule has 6 nitrogen and oxygen atoms in total. The minimum atomic E-state index is 0.167. The Labute approximate surface area is 166 Å². The summed E-state index contributed by atoms with van der Waals surface area (Å²) in [5.74, 6) is 0.696. The standard InChI is InChI=1S/C22H28N4O2/c27-21(11-10-18-16-23-26(17-18)20-8-2-1-3-9-20)24-12-14-25(15-13-24)22(28)19-6-4-5-7-19/h1-3,8-9,16-17,19H,4-7,10-15H2. The first kappa shape index (κ1) is 18.7. The zero-order valence-corrected chi connectivity index (χ0v) is 16.3. The van der Waals surface area contributed by atoms with Gasteiger partial charge >= 0.3 is 0 Å². The van der Waals surface area contributed by atoms with E-state index in [4.69, 9.17) is 0 Å². The molecule has 1 aliphatic heterocycles. The number of benzene rings is 1. The summed E-state index contributed by atoms with van der Waals surface area (Å²) in [5.41, 5.74) is 2.08. The van der Waals surface area contributed by atoms with E-state index in [0.29, 0.717) is 44.9 Å². The van der Waals surface area contributed by atoms with Crippen molar-refractivity contribution in [3.05, 3.63) is 48.3 Å². The van der Waals surface area contributed by atoms with Gasteiger partial charge < -0.3 is 9.80 Å². The van der Waals surface area contributed by atoms with Crippen molar-refractivity contribution in [1.29, 1.82) is 0 Å². The van der Waals surface area contributed by atoms with E-state index in [0.717, 1.165) is 24.1 Å². The van der Waals surface area contributed by atoms with Gasteiger partial charge in [0.05, 0.1) is 11.9 Å². The highest BCUT2D eigenvalue weighted by Crippen LogP contribution is 2.27. The van der Waals surface area contributed by atoms with Crippen LogP contribution in [-0.2, 0) is 16.0 Å². The lowest BCUT2D eigenvalue weighted by Gasteiger charge is -2.36. The maximum absolute atomic E-state index is 12.6. The molecule has 2 aliphatic rings. The van der Waals surface area contributed by atoms with Crippen LogP contribution >= 0.6 is 0 Å². The van der Waals surface area contributed by atoms with E-state index in [1.54, 1.807) is 0 Å². The van der Waals surface area contributed by atoms with Crippen molar-refractivity contribution in [1.82, 2.24) is 19.6 Å². The molecule has 1 aromatic heterocycles. The van der Waals surface area contributed by atoms with Crippen molar-refractivity contribution in [3.63, 3.8) is 0 Å². The van der Waals surface area contributed by atoms with Crippen LogP contribution in [0.25, 0.3) is 5.69 Å². The summed E-state index contributed by atoms with van der Waals surface area (Å²) < 4.78 is 1.84. The maximum atomic E-state index is 12.6. The number of rotatable bonds is 5. The molecule has 1 saturated carbocycles. The van der Waals surface area contributed by atoms with Crippen molar-refractivity contribution in [2.45, 2.75) is 38.5 Å². The molecule has 0 atom stereocenters. The van der Waals surface area contributed by atoms with Gasteiger partial charge in [-0.2, -0.15) is 5.10 Å². The lowest BCUT2D eigenvalue weighted by Crippen LogP contribution is -2.51. The number of aromatic nitrogens is 2. The van der Waals surface area contributed by atoms with Crippen LogP contribution in [0.3, 0.4) is 0 Å². The van der Waals surface area contributed by atoms with Crippen LogP contribution in [0.2, 0.25) is 0 Å². The number of amides is 2. The summed E-state index contributed by atoms with van der Waals surface area (Å²) in [6.07, 6.45) is 9.41. The second-order valence-corrected chi connectivity index (χ2v) is 7.82. The summed E-state index contributed by atoms with van der Waals surface area (Å²) >= 11 is 0. The summed E-state index contributed by atoms with van der Waals surface area (Å²) in [5, 5.41) is 4.39. The molecule has 0 spiro atoms. The second-order valence-electron chi connectivity index (χ2n) is 7.82. The molecule has 1 aliphatic carbocycles. The SMILES string of the molecule is O=C(CCc1cnn(-c2ccccc2)c1)N1CCN(C(=O)C2CCCC2)CC1. The lowest BCUT2D eigenvalue weighted by molar-refractivity contribution is -0.142. The second kappa shape index (κ2) is 8.59. The lowest BCUT2D eigenvalue weighted by atomic mass is 10.1. The summed E-state index contributed by atoms with van der Waals surface area (Å²) in [4.78, 5) is 29.0. The average Bonchev–Trinajstić information content (AvgIpc) is 3.44. The fourth-order valence-corrected chi connectivity index (χ4v) is 4.23. The molecule has 0 N–H and O–H groups in total. The minimum absolute atomic E-state index is 0.167. The van der Waals surface area contributed by atoms with Crippen LogP contribution in [0.4, 0.5) is 0 Å². The summed E-state index contributed by atoms with van der Waals surface area (Å²) in [6.45, 7) is 2.65. The topological polar surface area (TPSA) is 58.4 Å². The van der Waals surface area contributed by atoms with Crippen molar-refractivity contribution < 1.29 is 9.59 Å². The van der Waals surface area contributed by atoms with Crippen molar-refractivity contribution in [3.8, 4) is 5.69 Å². The van der Waals surface area contributed by atoms with Crippen LogP contribution in [0.15, 0.2) is 42.7 Å². The Hall–Kier alpha value is -2.63. The zero-order valence-electron chi connectivity index (χ0n) is 16.3. The zero-order chi connectivity index (χ0) is 19.3. The van der Waals surface area contributed by atoms with Gasteiger partial charge in [0.15, 0.2) is 0 Å². The molecule has 0 radical (unpaired) electrons. The van der Waals surface area contributed by atoms with Crippen LogP contribution in [0, 0.1) is 5.92 Å². The van der Waals surface area contributed by atoms with Crippen molar-refractivity contribution in [2.24, 2.45) is 5.92 Å². The molecule has 0 bridgehead atoms. The number of aryl methyl sites for hydroxylation is 1. The number of nitrogens with zero attached hydrogens (tertiary/aromatic N) is 4. The molecule has 4 rings (SSSR count). The van der Waals surface area contributed by atoms with Gasteiger partial charge in [-0.25, -0.2) is 4.68 Å². The predicted molar refractivity (Wildman–Crippen MR) is 107 cm³/mol. The third kappa shape index (κ3) is 4.26. The smallest absolute Gasteiger partial charge is 0.225 e. The molecule has 2 heterocycles. The average molecular weight is 380 g/mol. The fourth-order valence-electron chi connectivity index (χ4n) is 4.23. The van der Waals surface area contributed by atoms with Gasteiger partial charge in [0.1, 0.15) is 0 Å². The third-order valence-corrected chi connectivity index (χ3v) is 5.93. The third-order valence-electron chi connectivity index (χ3n) is 5.93. The van der Waals surface area contributed by atoms with Crippen LogP contribution < -0.4 is 0 Å². The van der Waals surface area contributed by atoms with Gasteiger partial charge in [-0.3, -0.25) is 9.59 Å². The van der Waals surface area contributed by atoms with Gasteiger partial charge in [-0.05, 0) is 37.0 Å². The molecule has 2 fully saturated rings. The Bertz CT molecular complexity index is 803. The van der Waals surface area contributed by atoms with E-state index in [1.165, 1.54) is 12.8 Å². The van der Waals surface area contributed by atoms with Gasteiger partial charge in [-0.1, -0.05) is 31.0 Å². The minimum Gasteiger partial charge on any atom is -0.339 e. The predicted octanol–water partition coefficient (Wildman–Crippen LogP) is 2.67. The van der Waals surface area contributed by atoms with Crippen LogP contribution in [-0.4, -0.2) is 57.6 Å². The maximum Gasteiger partial charge on any atom is 0.225 e. The summed E-state index contributed by atoms with van der Waals surface area (Å²) in [7, 11) is 0. The van der Waals surface area contributed by atoms with E-state index >= 15 is 0 Å². The highest BCUT2D eigenvalue weighted by atomic mass is 16.2. The highest BCUT2D eigenvalue weighted by Gasteiger charge is 2.30. The molecule has 2 aromatic rings. The first-order chi connectivity index (χ1) is 13.7. The molecular weight excluding hydrogens is 352 g/mol. The van der Waals surface area contributed by atoms with E-state index in [1.807, 2.05) is 57.2 Å². The van der Waals surface area contributed by atoms with Crippen molar-refractivity contribution >= 4 is 11.8 Å². The number of para-hydroxylation sites is 1. The Balaban J connectivity index is 1.24. The number of piperazine rings is 1. The Morgan fingerprint density at radius 2 is 1.64 bits per heavy atom. The number of carbonyl (C=O) groups excluding carboxylic acids is 2. The molecular formula is C22H28N4O2. The molecule has 0 unspecified atom stereocenters. The van der Waals surface area contributed by atoms with Crippen LogP contribution in [0.1, 0.15) is 37.7 Å².